The second-order valence-electron chi connectivity index (χ2n) is 6.05. The fourth-order valence-corrected chi connectivity index (χ4v) is 3.09. The smallest absolute Gasteiger partial charge is 0.335 e. The van der Waals surface area contributed by atoms with Crippen molar-refractivity contribution >= 4 is 11.7 Å². The minimum absolute atomic E-state index is 0.0257. The van der Waals surface area contributed by atoms with Crippen molar-refractivity contribution < 1.29 is 19.0 Å². The molecule has 1 aliphatic rings. The lowest BCUT2D eigenvalue weighted by atomic mass is 10.1. The van der Waals surface area contributed by atoms with Gasteiger partial charge in [0.05, 0.1) is 18.4 Å². The van der Waals surface area contributed by atoms with Crippen LogP contribution in [0.2, 0.25) is 0 Å². The molecule has 0 unspecified atom stereocenters. The van der Waals surface area contributed by atoms with Crippen molar-refractivity contribution in [2.45, 2.75) is 6.54 Å². The molecule has 25 heavy (non-hydrogen) atoms. The first-order valence-electron chi connectivity index (χ1n) is 8.20. The Morgan fingerprint density at radius 1 is 1.16 bits per heavy atom. The standard InChI is InChI=1S/C19H21FN2O3/c1-25-18-5-3-2-4-17(18)22-10-8-21(9-11-22)13-15-7-6-14(19(23)24)12-16(15)20/h2-7,12H,8-11,13H2,1H3,(H,23,24). The first-order valence-corrected chi connectivity index (χ1v) is 8.20. The van der Waals surface area contributed by atoms with E-state index < -0.39 is 11.8 Å². The summed E-state index contributed by atoms with van der Waals surface area (Å²) in [6.07, 6.45) is 0. The number of methoxy groups -OCH3 is 1. The number of halogens is 1. The van der Waals surface area contributed by atoms with Gasteiger partial charge in [-0.1, -0.05) is 18.2 Å². The van der Waals surface area contributed by atoms with Crippen LogP contribution in [0.15, 0.2) is 42.5 Å². The van der Waals surface area contributed by atoms with Gasteiger partial charge in [0, 0.05) is 38.3 Å². The number of carboxylic acid groups (broad SMARTS) is 1. The predicted octanol–water partition coefficient (Wildman–Crippen LogP) is 2.85. The molecule has 0 amide bonds. The molecule has 0 aromatic heterocycles. The van der Waals surface area contributed by atoms with Gasteiger partial charge in [-0.05, 0) is 24.3 Å². The number of piperazine rings is 1. The van der Waals surface area contributed by atoms with Gasteiger partial charge in [0.1, 0.15) is 11.6 Å². The van der Waals surface area contributed by atoms with Gasteiger partial charge in [-0.25, -0.2) is 9.18 Å². The molecule has 1 saturated heterocycles. The summed E-state index contributed by atoms with van der Waals surface area (Å²) in [7, 11) is 1.67. The monoisotopic (exact) mass is 344 g/mol. The molecule has 5 nitrogen and oxygen atoms in total. The van der Waals surface area contributed by atoms with Gasteiger partial charge in [0.25, 0.3) is 0 Å². The van der Waals surface area contributed by atoms with Crippen LogP contribution in [0.25, 0.3) is 0 Å². The van der Waals surface area contributed by atoms with Gasteiger partial charge in [-0.15, -0.1) is 0 Å². The number of carboxylic acids is 1. The van der Waals surface area contributed by atoms with Crippen LogP contribution in [-0.2, 0) is 6.54 Å². The van der Waals surface area contributed by atoms with E-state index in [1.54, 1.807) is 13.2 Å². The van der Waals surface area contributed by atoms with E-state index in [-0.39, 0.29) is 5.56 Å². The van der Waals surface area contributed by atoms with Crippen molar-refractivity contribution in [1.29, 1.82) is 0 Å². The highest BCUT2D eigenvalue weighted by molar-refractivity contribution is 5.87. The molecule has 0 radical (unpaired) electrons. The molecule has 2 aromatic rings. The molecule has 6 heteroatoms. The Bertz CT molecular complexity index is 758. The second-order valence-corrected chi connectivity index (χ2v) is 6.05. The third-order valence-corrected chi connectivity index (χ3v) is 4.49. The number of aromatic carboxylic acids is 1. The van der Waals surface area contributed by atoms with E-state index in [0.717, 1.165) is 43.7 Å². The highest BCUT2D eigenvalue weighted by Gasteiger charge is 2.20. The third-order valence-electron chi connectivity index (χ3n) is 4.49. The Labute approximate surface area is 146 Å². The Balaban J connectivity index is 1.62. The van der Waals surface area contributed by atoms with Crippen molar-refractivity contribution in [3.63, 3.8) is 0 Å². The van der Waals surface area contributed by atoms with Crippen LogP contribution in [0, 0.1) is 5.82 Å². The number of para-hydroxylation sites is 2. The Morgan fingerprint density at radius 2 is 1.88 bits per heavy atom. The number of hydrogen-bond donors (Lipinski definition) is 1. The maximum Gasteiger partial charge on any atom is 0.335 e. The lowest BCUT2D eigenvalue weighted by molar-refractivity contribution is 0.0696. The number of benzene rings is 2. The summed E-state index contributed by atoms with van der Waals surface area (Å²) in [5.41, 5.74) is 1.57. The number of hydrogen-bond acceptors (Lipinski definition) is 4. The summed E-state index contributed by atoms with van der Waals surface area (Å²) in [6.45, 7) is 3.74. The van der Waals surface area contributed by atoms with E-state index in [1.165, 1.54) is 6.07 Å². The molecule has 1 aliphatic heterocycles. The summed E-state index contributed by atoms with van der Waals surface area (Å²) in [4.78, 5) is 15.3. The van der Waals surface area contributed by atoms with Gasteiger partial charge in [0.15, 0.2) is 0 Å². The zero-order valence-corrected chi connectivity index (χ0v) is 14.1. The van der Waals surface area contributed by atoms with E-state index in [1.807, 2.05) is 24.3 Å². The fourth-order valence-electron chi connectivity index (χ4n) is 3.09. The fraction of sp³-hybridized carbons (Fsp3) is 0.316. The summed E-state index contributed by atoms with van der Waals surface area (Å²) in [5.74, 6) is -0.728. The van der Waals surface area contributed by atoms with E-state index >= 15 is 0 Å². The van der Waals surface area contributed by atoms with Crippen LogP contribution in [0.1, 0.15) is 15.9 Å². The largest absolute Gasteiger partial charge is 0.495 e. The molecule has 0 spiro atoms. The van der Waals surface area contributed by atoms with Gasteiger partial charge < -0.3 is 14.7 Å². The SMILES string of the molecule is COc1ccccc1N1CCN(Cc2ccc(C(=O)O)cc2F)CC1. The molecule has 0 bridgehead atoms. The molecule has 1 N–H and O–H groups in total. The summed E-state index contributed by atoms with van der Waals surface area (Å²) in [5, 5.41) is 8.91. The first-order chi connectivity index (χ1) is 12.1. The molecule has 2 aromatic carbocycles. The highest BCUT2D eigenvalue weighted by Crippen LogP contribution is 2.28. The minimum atomic E-state index is -1.11. The van der Waals surface area contributed by atoms with Crippen LogP contribution in [0.5, 0.6) is 5.75 Å². The van der Waals surface area contributed by atoms with Crippen LogP contribution in [0.4, 0.5) is 10.1 Å². The zero-order valence-electron chi connectivity index (χ0n) is 14.1. The number of nitrogens with zero attached hydrogens (tertiary/aromatic N) is 2. The predicted molar refractivity (Wildman–Crippen MR) is 93.8 cm³/mol. The normalized spacial score (nSPS) is 15.2. The lowest BCUT2D eigenvalue weighted by Crippen LogP contribution is -2.46. The molecule has 0 atom stereocenters. The van der Waals surface area contributed by atoms with Crippen LogP contribution >= 0.6 is 0 Å². The highest BCUT2D eigenvalue weighted by atomic mass is 19.1. The summed E-state index contributed by atoms with van der Waals surface area (Å²) >= 11 is 0. The molecular weight excluding hydrogens is 323 g/mol. The average molecular weight is 344 g/mol. The number of carbonyl (C=O) groups is 1. The molecule has 0 aliphatic carbocycles. The number of rotatable bonds is 5. The van der Waals surface area contributed by atoms with E-state index in [2.05, 4.69) is 9.80 Å². The third kappa shape index (κ3) is 3.91. The molecule has 0 saturated carbocycles. The lowest BCUT2D eigenvalue weighted by Gasteiger charge is -2.36. The number of ether oxygens (including phenoxy) is 1. The van der Waals surface area contributed by atoms with Crippen molar-refractivity contribution in [3.05, 3.63) is 59.4 Å². The quantitative estimate of drug-likeness (QED) is 0.904. The summed E-state index contributed by atoms with van der Waals surface area (Å²) in [6, 6.07) is 12.0. The van der Waals surface area contributed by atoms with Crippen LogP contribution in [-0.4, -0.2) is 49.3 Å². The van der Waals surface area contributed by atoms with Crippen molar-refractivity contribution in [3.8, 4) is 5.75 Å². The average Bonchev–Trinajstić information content (AvgIpc) is 2.64. The zero-order chi connectivity index (χ0) is 17.8. The number of anilines is 1. The maximum absolute atomic E-state index is 14.1. The molecule has 1 heterocycles. The van der Waals surface area contributed by atoms with Gasteiger partial charge in [0.2, 0.25) is 0 Å². The maximum atomic E-state index is 14.1. The summed E-state index contributed by atoms with van der Waals surface area (Å²) < 4.78 is 19.5. The molecule has 132 valence electrons. The minimum Gasteiger partial charge on any atom is -0.495 e. The Hall–Kier alpha value is -2.60. The Morgan fingerprint density at radius 3 is 2.52 bits per heavy atom. The van der Waals surface area contributed by atoms with Gasteiger partial charge in [-0.2, -0.15) is 0 Å². The van der Waals surface area contributed by atoms with E-state index in [9.17, 15) is 9.18 Å². The van der Waals surface area contributed by atoms with Crippen LogP contribution in [0.3, 0.4) is 0 Å². The van der Waals surface area contributed by atoms with E-state index in [4.69, 9.17) is 9.84 Å². The Kier molecular flexibility index (Phi) is 5.19. The van der Waals surface area contributed by atoms with E-state index in [0.29, 0.717) is 12.1 Å². The van der Waals surface area contributed by atoms with Gasteiger partial charge in [-0.3, -0.25) is 4.90 Å². The van der Waals surface area contributed by atoms with Crippen molar-refractivity contribution in [2.75, 3.05) is 38.2 Å². The van der Waals surface area contributed by atoms with Gasteiger partial charge >= 0.3 is 5.97 Å². The second kappa shape index (κ2) is 7.53. The molecule has 3 rings (SSSR count). The van der Waals surface area contributed by atoms with Crippen LogP contribution < -0.4 is 9.64 Å². The topological polar surface area (TPSA) is 53.0 Å². The molecule has 1 fully saturated rings. The molecular formula is C19H21FN2O3. The van der Waals surface area contributed by atoms with Crippen molar-refractivity contribution in [1.82, 2.24) is 4.90 Å². The van der Waals surface area contributed by atoms with Crippen molar-refractivity contribution in [2.24, 2.45) is 0 Å². The first kappa shape index (κ1) is 17.2.